The van der Waals surface area contributed by atoms with Crippen molar-refractivity contribution in [1.29, 1.82) is 0 Å². The van der Waals surface area contributed by atoms with Crippen molar-refractivity contribution in [3.05, 3.63) is 64.8 Å². The van der Waals surface area contributed by atoms with Gasteiger partial charge in [-0.25, -0.2) is 13.1 Å². The molecule has 1 aliphatic heterocycles. The van der Waals surface area contributed by atoms with Gasteiger partial charge in [0.2, 0.25) is 0 Å². The van der Waals surface area contributed by atoms with E-state index in [9.17, 15) is 13.2 Å². The lowest BCUT2D eigenvalue weighted by molar-refractivity contribution is -0.118. The van der Waals surface area contributed by atoms with Gasteiger partial charge in [-0.1, -0.05) is 29.8 Å². The average molecular weight is 448 g/mol. The number of nitrogens with one attached hydrogen (secondary N) is 1. The summed E-state index contributed by atoms with van der Waals surface area (Å²) in [4.78, 5) is 12.6. The number of aromatic nitrogens is 2. The van der Waals surface area contributed by atoms with Crippen LogP contribution >= 0.6 is 11.6 Å². The number of para-hydroxylation sites is 2. The minimum atomic E-state index is -3.29. The number of methoxy groups -OCH3 is 1. The molecule has 10 heteroatoms. The van der Waals surface area contributed by atoms with Crippen LogP contribution in [0.25, 0.3) is 5.69 Å². The largest absolute Gasteiger partial charge is 0.493 e. The smallest absolute Gasteiger partial charge is 0.263 e. The molecule has 2 heterocycles. The molecular weight excluding hydrogens is 430 g/mol. The van der Waals surface area contributed by atoms with E-state index in [0.717, 1.165) is 0 Å². The van der Waals surface area contributed by atoms with Crippen LogP contribution in [-0.4, -0.2) is 37.8 Å². The molecule has 0 spiro atoms. The van der Waals surface area contributed by atoms with E-state index < -0.39 is 15.7 Å². The number of hydrogen-bond acceptors (Lipinski definition) is 6. The molecule has 2 aromatic carbocycles. The summed E-state index contributed by atoms with van der Waals surface area (Å²) in [6.07, 6.45) is 0. The zero-order valence-electron chi connectivity index (χ0n) is 16.0. The van der Waals surface area contributed by atoms with Crippen molar-refractivity contribution in [2.45, 2.75) is 11.5 Å². The van der Waals surface area contributed by atoms with Gasteiger partial charge in [-0.2, -0.15) is 5.10 Å². The highest BCUT2D eigenvalue weighted by Crippen LogP contribution is 2.33. The van der Waals surface area contributed by atoms with Crippen LogP contribution in [0, 0.1) is 0 Å². The van der Waals surface area contributed by atoms with Gasteiger partial charge in [-0.3, -0.25) is 4.79 Å². The highest BCUT2D eigenvalue weighted by atomic mass is 35.5. The average Bonchev–Trinajstić information content (AvgIpc) is 3.19. The number of fused-ring (bicyclic) bond motifs is 1. The Morgan fingerprint density at radius 1 is 1.17 bits per heavy atom. The molecular formula is C20H18ClN3O5S. The Morgan fingerprint density at radius 3 is 2.67 bits per heavy atom. The van der Waals surface area contributed by atoms with E-state index in [1.807, 2.05) is 0 Å². The first-order valence-electron chi connectivity index (χ1n) is 8.99. The Labute approximate surface area is 178 Å². The van der Waals surface area contributed by atoms with Gasteiger partial charge in [0.15, 0.2) is 27.9 Å². The number of ether oxygens (including phenoxy) is 2. The first-order valence-corrected chi connectivity index (χ1v) is 11.2. The number of benzene rings is 2. The lowest BCUT2D eigenvalue weighted by Gasteiger charge is -2.13. The summed E-state index contributed by atoms with van der Waals surface area (Å²) in [6.45, 7) is -0.289. The number of anilines is 1. The first-order chi connectivity index (χ1) is 14.4. The standard InChI is InChI=1S/C20H18ClN3O5S/c1-28-17-7-2-3-8-18(17)29-10-19(25)22-20-15-11-30(26,27)12-16(15)23-24(20)14-6-4-5-13(21)9-14/h2-9H,10-12H2,1H3,(H,22,25). The van der Waals surface area contributed by atoms with E-state index in [2.05, 4.69) is 10.4 Å². The van der Waals surface area contributed by atoms with Crippen LogP contribution in [0.3, 0.4) is 0 Å². The quantitative estimate of drug-likeness (QED) is 0.623. The summed E-state index contributed by atoms with van der Waals surface area (Å²) >= 11 is 6.08. The summed E-state index contributed by atoms with van der Waals surface area (Å²) in [5, 5.41) is 7.64. The van der Waals surface area contributed by atoms with Crippen LogP contribution in [0.15, 0.2) is 48.5 Å². The topological polar surface area (TPSA) is 99.5 Å². The van der Waals surface area contributed by atoms with Gasteiger partial charge >= 0.3 is 0 Å². The number of amides is 1. The third-order valence-electron chi connectivity index (χ3n) is 4.53. The second-order valence-corrected chi connectivity index (χ2v) is 9.19. The van der Waals surface area contributed by atoms with Crippen molar-refractivity contribution in [3.63, 3.8) is 0 Å². The Bertz CT molecular complexity index is 1220. The Hall–Kier alpha value is -3.04. The van der Waals surface area contributed by atoms with Gasteiger partial charge in [0.05, 0.1) is 30.0 Å². The third kappa shape index (κ3) is 4.12. The van der Waals surface area contributed by atoms with Crippen molar-refractivity contribution in [1.82, 2.24) is 9.78 Å². The number of rotatable bonds is 6. The maximum Gasteiger partial charge on any atom is 0.263 e. The van der Waals surface area contributed by atoms with Crippen LogP contribution in [0.5, 0.6) is 11.5 Å². The molecule has 0 radical (unpaired) electrons. The van der Waals surface area contributed by atoms with Crippen LogP contribution in [-0.2, 0) is 26.1 Å². The molecule has 0 bridgehead atoms. The normalized spacial score (nSPS) is 14.2. The summed E-state index contributed by atoms with van der Waals surface area (Å²) in [6, 6.07) is 13.9. The highest BCUT2D eigenvalue weighted by molar-refractivity contribution is 7.90. The molecule has 1 aliphatic rings. The molecule has 3 aromatic rings. The summed E-state index contributed by atoms with van der Waals surface area (Å²) in [5.74, 6) is 0.397. The molecule has 0 saturated carbocycles. The fourth-order valence-electron chi connectivity index (χ4n) is 3.22. The van der Waals surface area contributed by atoms with Crippen LogP contribution in [0.4, 0.5) is 5.82 Å². The van der Waals surface area contributed by atoms with E-state index in [4.69, 9.17) is 21.1 Å². The van der Waals surface area contributed by atoms with Crippen molar-refractivity contribution < 1.29 is 22.7 Å². The summed E-state index contributed by atoms with van der Waals surface area (Å²) in [5.41, 5.74) is 1.49. The minimum absolute atomic E-state index is 0.170. The van der Waals surface area contributed by atoms with E-state index in [-0.39, 0.29) is 18.1 Å². The molecule has 0 atom stereocenters. The van der Waals surface area contributed by atoms with Gasteiger partial charge in [-0.05, 0) is 30.3 Å². The molecule has 1 N–H and O–H groups in total. The maximum absolute atomic E-state index is 12.6. The fourth-order valence-corrected chi connectivity index (χ4v) is 4.89. The number of sulfone groups is 1. The lowest BCUT2D eigenvalue weighted by atomic mass is 10.2. The predicted octanol–water partition coefficient (Wildman–Crippen LogP) is 2.98. The molecule has 1 aromatic heterocycles. The predicted molar refractivity (Wildman–Crippen MR) is 112 cm³/mol. The molecule has 156 valence electrons. The second kappa shape index (κ2) is 8.00. The number of carbonyl (C=O) groups excluding carboxylic acids is 1. The van der Waals surface area contributed by atoms with Crippen LogP contribution in [0.1, 0.15) is 11.3 Å². The lowest BCUT2D eigenvalue weighted by Crippen LogP contribution is -2.23. The molecule has 0 aliphatic carbocycles. The van der Waals surface area contributed by atoms with Gasteiger partial charge in [0, 0.05) is 10.6 Å². The molecule has 1 amide bonds. The SMILES string of the molecule is COc1ccccc1OCC(=O)Nc1c2c(nn1-c1cccc(Cl)c1)CS(=O)(=O)C2. The highest BCUT2D eigenvalue weighted by Gasteiger charge is 2.33. The monoisotopic (exact) mass is 447 g/mol. The van der Waals surface area contributed by atoms with E-state index in [1.54, 1.807) is 48.5 Å². The molecule has 0 unspecified atom stereocenters. The van der Waals surface area contributed by atoms with Crippen molar-refractivity contribution >= 4 is 33.2 Å². The number of carbonyl (C=O) groups is 1. The van der Waals surface area contributed by atoms with Crippen LogP contribution in [0.2, 0.25) is 5.02 Å². The minimum Gasteiger partial charge on any atom is -0.493 e. The van der Waals surface area contributed by atoms with E-state index >= 15 is 0 Å². The zero-order chi connectivity index (χ0) is 21.3. The van der Waals surface area contributed by atoms with Crippen molar-refractivity contribution in [2.75, 3.05) is 19.0 Å². The maximum atomic E-state index is 12.6. The molecule has 0 saturated heterocycles. The molecule has 0 fully saturated rings. The number of hydrogen-bond donors (Lipinski definition) is 1. The number of halogens is 1. The van der Waals surface area contributed by atoms with Gasteiger partial charge < -0.3 is 14.8 Å². The second-order valence-electron chi connectivity index (χ2n) is 6.69. The fraction of sp³-hybridized carbons (Fsp3) is 0.200. The van der Waals surface area contributed by atoms with Crippen molar-refractivity contribution in [3.8, 4) is 17.2 Å². The zero-order valence-corrected chi connectivity index (χ0v) is 17.5. The van der Waals surface area contributed by atoms with Crippen LogP contribution < -0.4 is 14.8 Å². The van der Waals surface area contributed by atoms with E-state index in [0.29, 0.717) is 39.3 Å². The third-order valence-corrected chi connectivity index (χ3v) is 6.20. The van der Waals surface area contributed by atoms with Gasteiger partial charge in [0.1, 0.15) is 5.82 Å². The summed E-state index contributed by atoms with van der Waals surface area (Å²) in [7, 11) is -1.78. The van der Waals surface area contributed by atoms with Gasteiger partial charge in [-0.15, -0.1) is 0 Å². The Balaban J connectivity index is 1.60. The molecule has 8 nitrogen and oxygen atoms in total. The molecule has 4 rings (SSSR count). The summed E-state index contributed by atoms with van der Waals surface area (Å²) < 4.78 is 36.4. The molecule has 30 heavy (non-hydrogen) atoms. The number of nitrogens with zero attached hydrogens (tertiary/aromatic N) is 2. The Morgan fingerprint density at radius 2 is 1.93 bits per heavy atom. The van der Waals surface area contributed by atoms with Crippen molar-refractivity contribution in [2.24, 2.45) is 0 Å². The first kappa shape index (κ1) is 20.2. The van der Waals surface area contributed by atoms with Gasteiger partial charge in [0.25, 0.3) is 5.91 Å². The van der Waals surface area contributed by atoms with E-state index in [1.165, 1.54) is 11.8 Å². The Kier molecular flexibility index (Phi) is 5.40.